The number of carboxylic acid groups (broad SMARTS) is 1. The molecule has 2 unspecified atom stereocenters. The normalized spacial score (nSPS) is 26.1. The number of Topliss-reactive ketones (excluding diaryl/α,β-unsaturated/α-hetero) is 1. The second kappa shape index (κ2) is 11.8. The molecule has 4 atom stereocenters. The minimum Gasteiger partial charge on any atom is -0.493 e. The summed E-state index contributed by atoms with van der Waals surface area (Å²) in [6.07, 6.45) is -0.559. The van der Waals surface area contributed by atoms with Gasteiger partial charge in [0.15, 0.2) is 29.3 Å². The lowest BCUT2D eigenvalue weighted by molar-refractivity contribution is -0.164. The molecule has 1 amide bonds. The highest BCUT2D eigenvalue weighted by atomic mass is 35.5. The van der Waals surface area contributed by atoms with E-state index in [2.05, 4.69) is 5.32 Å². The topological polar surface area (TPSA) is 120 Å². The Morgan fingerprint density at radius 3 is 2.36 bits per heavy atom. The molecule has 0 aliphatic carbocycles. The van der Waals surface area contributed by atoms with Crippen LogP contribution >= 0.6 is 11.6 Å². The summed E-state index contributed by atoms with van der Waals surface area (Å²) in [5, 5.41) is 14.2. The number of ketones is 1. The first-order valence-electron chi connectivity index (χ1n) is 13.8. The van der Waals surface area contributed by atoms with Crippen molar-refractivity contribution in [3.63, 3.8) is 0 Å². The molecule has 0 saturated carbocycles. The van der Waals surface area contributed by atoms with Crippen LogP contribution in [-0.4, -0.2) is 76.4 Å². The van der Waals surface area contributed by atoms with Gasteiger partial charge in [0.05, 0.1) is 27.9 Å². The zero-order valence-electron chi connectivity index (χ0n) is 25.2. The summed E-state index contributed by atoms with van der Waals surface area (Å²) in [4.78, 5) is 41.1. The summed E-state index contributed by atoms with van der Waals surface area (Å²) in [7, 11) is 4.53. The highest BCUT2D eigenvalue weighted by Crippen LogP contribution is 2.51. The van der Waals surface area contributed by atoms with Gasteiger partial charge in [0.25, 0.3) is 0 Å². The molecular formula is C31H40ClN2O8+. The van der Waals surface area contributed by atoms with Crippen molar-refractivity contribution in [3.05, 3.63) is 46.5 Å². The van der Waals surface area contributed by atoms with Crippen molar-refractivity contribution in [2.45, 2.75) is 46.3 Å². The number of benzene rings is 2. The van der Waals surface area contributed by atoms with Crippen LogP contribution in [0.2, 0.25) is 5.02 Å². The van der Waals surface area contributed by atoms with Gasteiger partial charge in [0, 0.05) is 47.1 Å². The minimum absolute atomic E-state index is 0.0868. The van der Waals surface area contributed by atoms with Gasteiger partial charge in [0.1, 0.15) is 17.8 Å². The van der Waals surface area contributed by atoms with Crippen molar-refractivity contribution >= 4 is 34.9 Å². The molecule has 2 aromatic rings. The first kappa shape index (κ1) is 31.7. The average Bonchev–Trinajstić information content (AvgIpc) is 3.05. The molecule has 2 aliphatic rings. The molecule has 42 heavy (non-hydrogen) atoms. The van der Waals surface area contributed by atoms with Gasteiger partial charge >= 0.3 is 11.9 Å². The van der Waals surface area contributed by atoms with Crippen LogP contribution in [0.3, 0.4) is 0 Å². The molecule has 1 fully saturated rings. The Morgan fingerprint density at radius 1 is 1.10 bits per heavy atom. The van der Waals surface area contributed by atoms with Crippen molar-refractivity contribution in [1.29, 1.82) is 0 Å². The zero-order chi connectivity index (χ0) is 31.0. The number of carbonyl (C=O) groups is 3. The lowest BCUT2D eigenvalue weighted by atomic mass is 9.70. The number of ether oxygens (including phenoxy) is 4. The van der Waals surface area contributed by atoms with Crippen LogP contribution in [0.4, 0.5) is 5.69 Å². The summed E-state index contributed by atoms with van der Waals surface area (Å²) in [6.45, 7) is 7.52. The van der Waals surface area contributed by atoms with Gasteiger partial charge in [-0.25, -0.2) is 9.28 Å². The highest BCUT2D eigenvalue weighted by molar-refractivity contribution is 6.30. The van der Waals surface area contributed by atoms with E-state index in [1.54, 1.807) is 30.3 Å². The first-order chi connectivity index (χ1) is 19.8. The standard InChI is InChI=1S/C31H39ClN2O8/c1-18(35)31(29(37)38)16-33-13-12-24(31)34(17-30(2,3)4)22-10-8-19(32)14-21(22)26(42-15-25(34)36)20-9-11-23(39-5)28(41-7)27(20)40-6/h8-11,14,24,26,33H,12-13,15-17H2,1-7H3/p+1/t24-,26?,31+,34?/m1/s1. The molecule has 0 bridgehead atoms. The molecule has 2 aliphatic heterocycles. The largest absolute Gasteiger partial charge is 0.493 e. The second-order valence-electron chi connectivity index (χ2n) is 12.1. The van der Waals surface area contributed by atoms with Crippen LogP contribution in [0.15, 0.2) is 30.3 Å². The number of methoxy groups -OCH3 is 3. The maximum atomic E-state index is 14.7. The SMILES string of the molecule is COc1ccc(C2OCC(=O)[N+](CC(C)(C)C)([C@@H]3CCNC[C@@]3(C(C)=O)C(=O)O)c3ccc(Cl)cc32)c(OC)c1OC. The molecule has 0 spiro atoms. The maximum Gasteiger partial charge on any atom is 0.344 e. The molecule has 1 saturated heterocycles. The third-order valence-electron chi connectivity index (χ3n) is 8.37. The molecule has 0 radical (unpaired) electrons. The molecule has 4 rings (SSSR count). The van der Waals surface area contributed by atoms with Crippen LogP contribution in [0.1, 0.15) is 51.3 Å². The van der Waals surface area contributed by atoms with Crippen molar-refractivity contribution in [3.8, 4) is 17.2 Å². The summed E-state index contributed by atoms with van der Waals surface area (Å²) < 4.78 is 22.9. The summed E-state index contributed by atoms with van der Waals surface area (Å²) in [5.41, 5.74) is -0.624. The number of carbonyl (C=O) groups excluding carboxylic acids is 2. The highest BCUT2D eigenvalue weighted by Gasteiger charge is 2.65. The van der Waals surface area contributed by atoms with Crippen molar-refractivity contribution in [2.24, 2.45) is 10.8 Å². The third kappa shape index (κ3) is 5.15. The van der Waals surface area contributed by atoms with E-state index in [4.69, 9.17) is 30.5 Å². The van der Waals surface area contributed by atoms with E-state index in [0.717, 1.165) is 0 Å². The number of hydrogen-bond acceptors (Lipinski definition) is 8. The van der Waals surface area contributed by atoms with E-state index in [0.29, 0.717) is 45.6 Å². The predicted octanol–water partition coefficient (Wildman–Crippen LogP) is 4.39. The monoisotopic (exact) mass is 603 g/mol. The maximum absolute atomic E-state index is 14.7. The van der Waals surface area contributed by atoms with Gasteiger partial charge in [-0.1, -0.05) is 32.4 Å². The number of carboxylic acids is 1. The fourth-order valence-corrected chi connectivity index (χ4v) is 6.95. The second-order valence-corrected chi connectivity index (χ2v) is 12.5. The summed E-state index contributed by atoms with van der Waals surface area (Å²) in [6, 6.07) is 7.80. The zero-order valence-corrected chi connectivity index (χ0v) is 26.0. The Labute approximate surface area is 251 Å². The van der Waals surface area contributed by atoms with E-state index in [9.17, 15) is 19.5 Å². The molecule has 10 nitrogen and oxygen atoms in total. The number of quaternary nitrogens is 1. The quantitative estimate of drug-likeness (QED) is 0.334. The van der Waals surface area contributed by atoms with Crippen LogP contribution in [0.25, 0.3) is 0 Å². The fraction of sp³-hybridized carbons (Fsp3) is 0.516. The molecule has 2 aromatic carbocycles. The predicted molar refractivity (Wildman–Crippen MR) is 158 cm³/mol. The van der Waals surface area contributed by atoms with Crippen molar-refractivity contribution in [1.82, 2.24) is 9.80 Å². The fourth-order valence-electron chi connectivity index (χ4n) is 6.77. The Hall–Kier alpha value is -3.18. The van der Waals surface area contributed by atoms with E-state index in [1.807, 2.05) is 20.8 Å². The number of nitrogens with one attached hydrogen (secondary N) is 1. The number of hydrogen-bond donors (Lipinski definition) is 2. The number of fused-ring (bicyclic) bond motifs is 1. The summed E-state index contributed by atoms with van der Waals surface area (Å²) >= 11 is 6.59. The Kier molecular flexibility index (Phi) is 8.95. The number of halogens is 1. The van der Waals surface area contributed by atoms with E-state index in [-0.39, 0.29) is 36.5 Å². The molecule has 228 valence electrons. The van der Waals surface area contributed by atoms with Crippen LogP contribution < -0.4 is 24.0 Å². The van der Waals surface area contributed by atoms with Crippen LogP contribution in [0, 0.1) is 10.8 Å². The Morgan fingerprint density at radius 2 is 1.79 bits per heavy atom. The molecule has 11 heteroatoms. The van der Waals surface area contributed by atoms with Gasteiger partial charge in [-0.3, -0.25) is 9.59 Å². The van der Waals surface area contributed by atoms with Crippen LogP contribution in [0.5, 0.6) is 17.2 Å². The van der Waals surface area contributed by atoms with Gasteiger partial charge in [0.2, 0.25) is 5.75 Å². The van der Waals surface area contributed by atoms with Crippen molar-refractivity contribution < 1.29 is 38.4 Å². The lowest BCUT2D eigenvalue weighted by Gasteiger charge is -2.51. The number of amides is 1. The number of aliphatic carboxylic acids is 1. The Balaban J connectivity index is 2.10. The average molecular weight is 604 g/mol. The molecule has 2 N–H and O–H groups in total. The number of rotatable bonds is 8. The number of piperidine rings is 1. The third-order valence-corrected chi connectivity index (χ3v) is 8.61. The van der Waals surface area contributed by atoms with Crippen LogP contribution in [-0.2, 0) is 19.1 Å². The van der Waals surface area contributed by atoms with Gasteiger partial charge in [-0.15, -0.1) is 0 Å². The summed E-state index contributed by atoms with van der Waals surface area (Å²) in [5.74, 6) is -0.934. The Bertz CT molecular complexity index is 1370. The number of nitrogens with zero attached hydrogens (tertiary/aromatic N) is 1. The smallest absolute Gasteiger partial charge is 0.344 e. The molecule has 2 heterocycles. The van der Waals surface area contributed by atoms with Crippen molar-refractivity contribution in [2.75, 3.05) is 47.6 Å². The van der Waals surface area contributed by atoms with E-state index in [1.165, 1.54) is 28.3 Å². The lowest BCUT2D eigenvalue weighted by Crippen LogP contribution is -2.75. The minimum atomic E-state index is -1.85. The first-order valence-corrected chi connectivity index (χ1v) is 14.2. The van der Waals surface area contributed by atoms with Gasteiger partial charge in [-0.2, -0.15) is 0 Å². The molecular weight excluding hydrogens is 564 g/mol. The van der Waals surface area contributed by atoms with Gasteiger partial charge < -0.3 is 29.4 Å². The van der Waals surface area contributed by atoms with E-state index >= 15 is 0 Å². The van der Waals surface area contributed by atoms with Gasteiger partial charge in [-0.05, 0) is 31.2 Å². The molecule has 0 aromatic heterocycles. The van der Waals surface area contributed by atoms with E-state index < -0.39 is 34.7 Å².